The average Bonchev–Trinajstić information content (AvgIpc) is 1.98. The normalized spacial score (nSPS) is 34.8. The van der Waals surface area contributed by atoms with Crippen molar-refractivity contribution in [2.75, 3.05) is 0 Å². The molecule has 3 heteroatoms. The average molecular weight is 186 g/mol. The summed E-state index contributed by atoms with van der Waals surface area (Å²) in [5.74, 6) is 0.297. The molecule has 1 aliphatic heterocycles. The summed E-state index contributed by atoms with van der Waals surface area (Å²) in [6, 6.07) is 0. The Bertz CT molecular complexity index is 189. The van der Waals surface area contributed by atoms with Crippen molar-refractivity contribution in [3.8, 4) is 0 Å². The third kappa shape index (κ3) is 2.69. The van der Waals surface area contributed by atoms with Crippen molar-refractivity contribution in [1.82, 2.24) is 0 Å². The maximum Gasteiger partial charge on any atom is 0.306 e. The Labute approximate surface area is 79.1 Å². The third-order valence-corrected chi connectivity index (χ3v) is 2.44. The van der Waals surface area contributed by atoms with E-state index in [9.17, 15) is 9.90 Å². The van der Waals surface area contributed by atoms with Crippen molar-refractivity contribution in [3.63, 3.8) is 0 Å². The van der Waals surface area contributed by atoms with E-state index in [4.69, 9.17) is 4.74 Å². The van der Waals surface area contributed by atoms with E-state index < -0.39 is 6.10 Å². The van der Waals surface area contributed by atoms with E-state index in [0.717, 1.165) is 6.42 Å². The van der Waals surface area contributed by atoms with Gasteiger partial charge in [0.05, 0.1) is 12.5 Å². The van der Waals surface area contributed by atoms with Crippen LogP contribution in [0.5, 0.6) is 0 Å². The summed E-state index contributed by atoms with van der Waals surface area (Å²) >= 11 is 0. The minimum absolute atomic E-state index is 0.0324. The second kappa shape index (κ2) is 4.09. The highest BCUT2D eigenvalue weighted by Gasteiger charge is 2.34. The quantitative estimate of drug-likeness (QED) is 0.662. The smallest absolute Gasteiger partial charge is 0.306 e. The van der Waals surface area contributed by atoms with E-state index >= 15 is 0 Å². The lowest BCUT2D eigenvalue weighted by Gasteiger charge is -2.33. The molecule has 0 aliphatic carbocycles. The van der Waals surface area contributed by atoms with Gasteiger partial charge in [-0.05, 0) is 18.3 Å². The van der Waals surface area contributed by atoms with E-state index in [1.54, 1.807) is 0 Å². The Balaban J connectivity index is 2.55. The van der Waals surface area contributed by atoms with Crippen molar-refractivity contribution in [2.24, 2.45) is 11.8 Å². The molecule has 0 unspecified atom stereocenters. The molecule has 0 aromatic heterocycles. The number of ether oxygens (including phenoxy) is 1. The first-order chi connectivity index (χ1) is 6.00. The SMILES string of the molecule is CC(C)C[C@H]1OC(=O)C[C@@H](C)[C@@H]1O. The second-order valence-electron chi connectivity index (χ2n) is 4.33. The maximum atomic E-state index is 11.1. The fraction of sp³-hybridized carbons (Fsp3) is 0.900. The predicted octanol–water partition coefficient (Wildman–Crippen LogP) is 1.34. The molecule has 76 valence electrons. The van der Waals surface area contributed by atoms with Crippen LogP contribution in [-0.2, 0) is 9.53 Å². The van der Waals surface area contributed by atoms with Gasteiger partial charge in [0.25, 0.3) is 0 Å². The Morgan fingerprint density at radius 3 is 2.77 bits per heavy atom. The van der Waals surface area contributed by atoms with Crippen LogP contribution in [0.1, 0.15) is 33.6 Å². The number of rotatable bonds is 2. The molecule has 1 heterocycles. The highest BCUT2D eigenvalue weighted by molar-refractivity contribution is 5.70. The lowest BCUT2D eigenvalue weighted by molar-refractivity contribution is -0.171. The Morgan fingerprint density at radius 2 is 2.23 bits per heavy atom. The number of carbonyl (C=O) groups is 1. The van der Waals surface area contributed by atoms with Crippen molar-refractivity contribution in [1.29, 1.82) is 0 Å². The molecule has 0 spiro atoms. The number of hydrogen-bond donors (Lipinski definition) is 1. The lowest BCUT2D eigenvalue weighted by atomic mass is 9.89. The van der Waals surface area contributed by atoms with E-state index in [-0.39, 0.29) is 18.0 Å². The van der Waals surface area contributed by atoms with Crippen LogP contribution in [0.25, 0.3) is 0 Å². The van der Waals surface area contributed by atoms with Gasteiger partial charge in [0, 0.05) is 0 Å². The van der Waals surface area contributed by atoms with Crippen LogP contribution in [0.15, 0.2) is 0 Å². The van der Waals surface area contributed by atoms with Gasteiger partial charge in [0.2, 0.25) is 0 Å². The van der Waals surface area contributed by atoms with Gasteiger partial charge in [0.15, 0.2) is 0 Å². The molecule has 1 fully saturated rings. The molecular formula is C10H18O3. The van der Waals surface area contributed by atoms with E-state index in [1.807, 2.05) is 6.92 Å². The van der Waals surface area contributed by atoms with Gasteiger partial charge < -0.3 is 9.84 Å². The van der Waals surface area contributed by atoms with Gasteiger partial charge in [-0.15, -0.1) is 0 Å². The molecule has 0 saturated carbocycles. The van der Waals surface area contributed by atoms with E-state index in [2.05, 4.69) is 13.8 Å². The van der Waals surface area contributed by atoms with Crippen LogP contribution < -0.4 is 0 Å². The minimum atomic E-state index is -0.486. The molecule has 1 rings (SSSR count). The third-order valence-electron chi connectivity index (χ3n) is 2.44. The highest BCUT2D eigenvalue weighted by Crippen LogP contribution is 2.25. The summed E-state index contributed by atoms with van der Waals surface area (Å²) in [4.78, 5) is 11.1. The number of aliphatic hydroxyl groups is 1. The molecule has 3 atom stereocenters. The molecule has 0 radical (unpaired) electrons. The summed E-state index contributed by atoms with van der Waals surface area (Å²) in [6.45, 7) is 6.00. The van der Waals surface area contributed by atoms with Gasteiger partial charge in [0.1, 0.15) is 6.10 Å². The minimum Gasteiger partial charge on any atom is -0.460 e. The number of esters is 1. The first-order valence-corrected chi connectivity index (χ1v) is 4.88. The molecule has 0 amide bonds. The zero-order chi connectivity index (χ0) is 10.0. The summed E-state index contributed by atoms with van der Waals surface area (Å²) in [6.07, 6.45) is 0.309. The van der Waals surface area contributed by atoms with Crippen molar-refractivity contribution in [2.45, 2.75) is 45.8 Å². The van der Waals surface area contributed by atoms with Crippen molar-refractivity contribution < 1.29 is 14.6 Å². The zero-order valence-corrected chi connectivity index (χ0v) is 8.49. The fourth-order valence-electron chi connectivity index (χ4n) is 1.69. The number of cyclic esters (lactones) is 1. The molecule has 0 aromatic rings. The van der Waals surface area contributed by atoms with Crippen LogP contribution in [0.3, 0.4) is 0 Å². The summed E-state index contributed by atoms with van der Waals surface area (Å²) < 4.78 is 5.09. The lowest BCUT2D eigenvalue weighted by Crippen LogP contribution is -2.42. The van der Waals surface area contributed by atoms with Crippen LogP contribution in [0.2, 0.25) is 0 Å². The van der Waals surface area contributed by atoms with Gasteiger partial charge in [-0.2, -0.15) is 0 Å². The summed E-state index contributed by atoms with van der Waals surface area (Å²) in [5.41, 5.74) is 0. The molecule has 0 aromatic carbocycles. The fourth-order valence-corrected chi connectivity index (χ4v) is 1.69. The monoisotopic (exact) mass is 186 g/mol. The maximum absolute atomic E-state index is 11.1. The van der Waals surface area contributed by atoms with Crippen molar-refractivity contribution >= 4 is 5.97 Å². The first-order valence-electron chi connectivity index (χ1n) is 4.88. The second-order valence-corrected chi connectivity index (χ2v) is 4.33. The number of hydrogen-bond acceptors (Lipinski definition) is 3. The molecule has 1 saturated heterocycles. The van der Waals surface area contributed by atoms with Crippen LogP contribution in [0, 0.1) is 11.8 Å². The van der Waals surface area contributed by atoms with Crippen LogP contribution >= 0.6 is 0 Å². The summed E-state index contributed by atoms with van der Waals surface area (Å²) in [5, 5.41) is 9.73. The van der Waals surface area contributed by atoms with Crippen LogP contribution in [-0.4, -0.2) is 23.3 Å². The van der Waals surface area contributed by atoms with Gasteiger partial charge in [-0.25, -0.2) is 0 Å². The Hall–Kier alpha value is -0.570. The predicted molar refractivity (Wildman–Crippen MR) is 49.1 cm³/mol. The highest BCUT2D eigenvalue weighted by atomic mass is 16.6. The largest absolute Gasteiger partial charge is 0.460 e. The zero-order valence-electron chi connectivity index (χ0n) is 8.49. The molecule has 13 heavy (non-hydrogen) atoms. The standard InChI is InChI=1S/C10H18O3/c1-6(2)4-8-10(12)7(3)5-9(11)13-8/h6-8,10,12H,4-5H2,1-3H3/t7-,8-,10+/m1/s1. The van der Waals surface area contributed by atoms with E-state index in [0.29, 0.717) is 12.3 Å². The Morgan fingerprint density at radius 1 is 1.62 bits per heavy atom. The van der Waals surface area contributed by atoms with Gasteiger partial charge in [-0.1, -0.05) is 20.8 Å². The van der Waals surface area contributed by atoms with Gasteiger partial charge in [-0.3, -0.25) is 4.79 Å². The molecule has 1 N–H and O–H groups in total. The van der Waals surface area contributed by atoms with E-state index in [1.165, 1.54) is 0 Å². The van der Waals surface area contributed by atoms with Crippen molar-refractivity contribution in [3.05, 3.63) is 0 Å². The number of carbonyl (C=O) groups excluding carboxylic acids is 1. The molecule has 1 aliphatic rings. The topological polar surface area (TPSA) is 46.5 Å². The number of aliphatic hydroxyl groups excluding tert-OH is 1. The van der Waals surface area contributed by atoms with Crippen LogP contribution in [0.4, 0.5) is 0 Å². The van der Waals surface area contributed by atoms with Gasteiger partial charge >= 0.3 is 5.97 Å². The first kappa shape index (κ1) is 10.5. The summed E-state index contributed by atoms with van der Waals surface area (Å²) in [7, 11) is 0. The molecule has 3 nitrogen and oxygen atoms in total. The molecule has 0 bridgehead atoms. The molecular weight excluding hydrogens is 168 g/mol. The Kier molecular flexibility index (Phi) is 3.31.